The molecule has 0 atom stereocenters. The van der Waals surface area contributed by atoms with Crippen molar-refractivity contribution in [1.29, 1.82) is 0 Å². The first-order chi connectivity index (χ1) is 13.1. The molecule has 1 aliphatic rings. The van der Waals surface area contributed by atoms with Gasteiger partial charge in [-0.1, -0.05) is 50.2 Å². The van der Waals surface area contributed by atoms with Crippen molar-refractivity contribution in [3.8, 4) is 11.5 Å². The van der Waals surface area contributed by atoms with Gasteiger partial charge in [-0.15, -0.1) is 24.0 Å². The summed E-state index contributed by atoms with van der Waals surface area (Å²) in [6, 6.07) is 16.6. The standard InChI is InChI=1S/C22H29N3O2.HI/c1-22(2,18-8-5-4-6-9-18)16-25-21(23-3)24-15-17-10-11-19-20(14-17)27-13-7-12-26-19;/h4-6,8-11,14H,7,12-13,15-16H2,1-3H3,(H2,23,24,25);1H. The van der Waals surface area contributed by atoms with E-state index in [1.54, 1.807) is 7.05 Å². The van der Waals surface area contributed by atoms with Crippen LogP contribution in [0.4, 0.5) is 0 Å². The van der Waals surface area contributed by atoms with E-state index < -0.39 is 0 Å². The van der Waals surface area contributed by atoms with Gasteiger partial charge in [-0.05, 0) is 23.3 Å². The van der Waals surface area contributed by atoms with Crippen molar-refractivity contribution >= 4 is 29.9 Å². The van der Waals surface area contributed by atoms with E-state index in [1.807, 2.05) is 18.2 Å². The Balaban J connectivity index is 0.00000280. The van der Waals surface area contributed by atoms with Crippen molar-refractivity contribution in [3.63, 3.8) is 0 Å². The highest BCUT2D eigenvalue weighted by Gasteiger charge is 2.20. The monoisotopic (exact) mass is 495 g/mol. The van der Waals surface area contributed by atoms with Crippen LogP contribution in [0.2, 0.25) is 0 Å². The van der Waals surface area contributed by atoms with Crippen LogP contribution in [0, 0.1) is 0 Å². The van der Waals surface area contributed by atoms with Crippen LogP contribution < -0.4 is 20.1 Å². The third-order valence-electron chi connectivity index (χ3n) is 4.75. The molecule has 0 fully saturated rings. The van der Waals surface area contributed by atoms with Crippen LogP contribution in [-0.2, 0) is 12.0 Å². The van der Waals surface area contributed by atoms with Gasteiger partial charge in [-0.2, -0.15) is 0 Å². The minimum absolute atomic E-state index is 0. The number of hydrogen-bond acceptors (Lipinski definition) is 3. The Morgan fingerprint density at radius 2 is 1.71 bits per heavy atom. The number of halogens is 1. The zero-order valence-corrected chi connectivity index (χ0v) is 19.2. The minimum Gasteiger partial charge on any atom is -0.490 e. The second kappa shape index (κ2) is 10.5. The molecule has 2 aromatic carbocycles. The first-order valence-electron chi connectivity index (χ1n) is 9.47. The Bertz CT molecular complexity index is 779. The van der Waals surface area contributed by atoms with Gasteiger partial charge >= 0.3 is 0 Å². The van der Waals surface area contributed by atoms with E-state index in [1.165, 1.54) is 5.56 Å². The lowest BCUT2D eigenvalue weighted by atomic mass is 9.85. The van der Waals surface area contributed by atoms with Crippen molar-refractivity contribution in [2.75, 3.05) is 26.8 Å². The number of hydrogen-bond donors (Lipinski definition) is 2. The highest BCUT2D eigenvalue weighted by Crippen LogP contribution is 2.30. The van der Waals surface area contributed by atoms with Crippen LogP contribution in [0.15, 0.2) is 53.5 Å². The molecule has 0 bridgehead atoms. The number of ether oxygens (including phenoxy) is 2. The molecule has 0 radical (unpaired) electrons. The second-order valence-corrected chi connectivity index (χ2v) is 7.36. The van der Waals surface area contributed by atoms with E-state index in [0.717, 1.165) is 36.0 Å². The molecule has 0 saturated carbocycles. The number of fused-ring (bicyclic) bond motifs is 1. The normalized spacial score (nSPS) is 13.9. The molecule has 5 nitrogen and oxygen atoms in total. The van der Waals surface area contributed by atoms with Gasteiger partial charge < -0.3 is 20.1 Å². The topological polar surface area (TPSA) is 54.9 Å². The summed E-state index contributed by atoms with van der Waals surface area (Å²) in [4.78, 5) is 4.34. The summed E-state index contributed by atoms with van der Waals surface area (Å²) >= 11 is 0. The Morgan fingerprint density at radius 3 is 2.43 bits per heavy atom. The lowest BCUT2D eigenvalue weighted by molar-refractivity contribution is 0.297. The molecular formula is C22H30IN3O2. The fourth-order valence-corrected chi connectivity index (χ4v) is 3.02. The third-order valence-corrected chi connectivity index (χ3v) is 4.75. The zero-order chi connectivity index (χ0) is 19.1. The molecule has 3 rings (SSSR count). The van der Waals surface area contributed by atoms with Crippen LogP contribution in [0.3, 0.4) is 0 Å². The second-order valence-electron chi connectivity index (χ2n) is 7.36. The van der Waals surface area contributed by atoms with Crippen LogP contribution in [0.1, 0.15) is 31.4 Å². The lowest BCUT2D eigenvalue weighted by Gasteiger charge is -2.26. The quantitative estimate of drug-likeness (QED) is 0.373. The summed E-state index contributed by atoms with van der Waals surface area (Å²) in [5, 5.41) is 6.81. The zero-order valence-electron chi connectivity index (χ0n) is 16.8. The minimum atomic E-state index is 0. The Kier molecular flexibility index (Phi) is 8.41. The van der Waals surface area contributed by atoms with E-state index >= 15 is 0 Å². The number of nitrogens with zero attached hydrogens (tertiary/aromatic N) is 1. The van der Waals surface area contributed by atoms with Crippen molar-refractivity contribution in [2.24, 2.45) is 4.99 Å². The number of aliphatic imine (C=N–C) groups is 1. The maximum Gasteiger partial charge on any atom is 0.191 e. The number of guanidine groups is 1. The molecular weight excluding hydrogens is 465 g/mol. The molecule has 152 valence electrons. The van der Waals surface area contributed by atoms with Gasteiger partial charge in [0.05, 0.1) is 13.2 Å². The van der Waals surface area contributed by atoms with E-state index in [9.17, 15) is 0 Å². The molecule has 2 N–H and O–H groups in total. The van der Waals surface area contributed by atoms with E-state index in [4.69, 9.17) is 9.47 Å². The molecule has 0 spiro atoms. The Hall–Kier alpha value is -1.96. The Morgan fingerprint density at radius 1 is 1.00 bits per heavy atom. The summed E-state index contributed by atoms with van der Waals surface area (Å²) in [6.07, 6.45) is 0.913. The van der Waals surface area contributed by atoms with Crippen LogP contribution in [0.25, 0.3) is 0 Å². The molecule has 1 heterocycles. The number of benzene rings is 2. The van der Waals surface area contributed by atoms with Crippen LogP contribution in [-0.4, -0.2) is 32.8 Å². The molecule has 0 aromatic heterocycles. The average molecular weight is 495 g/mol. The van der Waals surface area contributed by atoms with Gasteiger partial charge in [0.2, 0.25) is 0 Å². The van der Waals surface area contributed by atoms with Gasteiger partial charge in [-0.3, -0.25) is 4.99 Å². The van der Waals surface area contributed by atoms with Gasteiger partial charge in [0.1, 0.15) is 0 Å². The van der Waals surface area contributed by atoms with Gasteiger partial charge in [0.25, 0.3) is 0 Å². The molecule has 28 heavy (non-hydrogen) atoms. The lowest BCUT2D eigenvalue weighted by Crippen LogP contribution is -2.43. The summed E-state index contributed by atoms with van der Waals surface area (Å²) in [5.74, 6) is 2.43. The maximum absolute atomic E-state index is 5.76. The third kappa shape index (κ3) is 6.02. The van der Waals surface area contributed by atoms with Crippen molar-refractivity contribution in [1.82, 2.24) is 10.6 Å². The van der Waals surface area contributed by atoms with Crippen molar-refractivity contribution in [2.45, 2.75) is 32.2 Å². The van der Waals surface area contributed by atoms with Gasteiger partial charge in [0, 0.05) is 32.0 Å². The smallest absolute Gasteiger partial charge is 0.191 e. The predicted octanol–water partition coefficient (Wildman–Crippen LogP) is 4.11. The largest absolute Gasteiger partial charge is 0.490 e. The summed E-state index contributed by atoms with van der Waals surface area (Å²) in [7, 11) is 1.79. The van der Waals surface area contributed by atoms with E-state index in [0.29, 0.717) is 19.8 Å². The van der Waals surface area contributed by atoms with Gasteiger partial charge in [0.15, 0.2) is 17.5 Å². The number of nitrogens with one attached hydrogen (secondary N) is 2. The molecule has 0 amide bonds. The van der Waals surface area contributed by atoms with E-state index in [2.05, 4.69) is 59.8 Å². The average Bonchev–Trinajstić information content (AvgIpc) is 2.93. The molecule has 6 heteroatoms. The van der Waals surface area contributed by atoms with Crippen LogP contribution >= 0.6 is 24.0 Å². The first kappa shape index (κ1) is 22.3. The molecule has 1 aliphatic heterocycles. The Labute approximate surface area is 184 Å². The molecule has 0 saturated heterocycles. The SMILES string of the molecule is CN=C(NCc1ccc2c(c1)OCCCO2)NCC(C)(C)c1ccccc1.I. The van der Waals surface area contributed by atoms with Crippen molar-refractivity contribution < 1.29 is 9.47 Å². The highest BCUT2D eigenvalue weighted by molar-refractivity contribution is 14.0. The highest BCUT2D eigenvalue weighted by atomic mass is 127. The predicted molar refractivity (Wildman–Crippen MR) is 125 cm³/mol. The summed E-state index contributed by atoms with van der Waals surface area (Å²) in [5.41, 5.74) is 2.44. The van der Waals surface area contributed by atoms with Gasteiger partial charge in [-0.25, -0.2) is 0 Å². The molecule has 2 aromatic rings. The molecule has 0 aliphatic carbocycles. The maximum atomic E-state index is 5.76. The van der Waals surface area contributed by atoms with E-state index in [-0.39, 0.29) is 29.4 Å². The fraction of sp³-hybridized carbons (Fsp3) is 0.409. The summed E-state index contributed by atoms with van der Waals surface area (Å²) in [6.45, 7) is 7.32. The van der Waals surface area contributed by atoms with Crippen LogP contribution in [0.5, 0.6) is 11.5 Å². The first-order valence-corrected chi connectivity index (χ1v) is 9.47. The summed E-state index contributed by atoms with van der Waals surface area (Å²) < 4.78 is 11.5. The van der Waals surface area contributed by atoms with Crippen molar-refractivity contribution in [3.05, 3.63) is 59.7 Å². The molecule has 0 unspecified atom stereocenters. The fourth-order valence-electron chi connectivity index (χ4n) is 3.02. The number of rotatable bonds is 5.